The third-order valence-corrected chi connectivity index (χ3v) is 14.3. The van der Waals surface area contributed by atoms with E-state index in [4.69, 9.17) is 19.4 Å². The molecule has 2 saturated heterocycles. The molecule has 4 N–H and O–H groups in total. The van der Waals surface area contributed by atoms with E-state index in [-0.39, 0.29) is 51.8 Å². The first-order valence-corrected chi connectivity index (χ1v) is 23.2. The maximum absolute atomic E-state index is 14.1. The molecule has 3 atom stereocenters. The largest absolute Gasteiger partial charge is 0.453 e. The van der Waals surface area contributed by atoms with Gasteiger partial charge in [-0.1, -0.05) is 90.8 Å². The van der Waals surface area contributed by atoms with Crippen molar-refractivity contribution in [3.63, 3.8) is 0 Å². The molecular formula is C51H66N8O6. The van der Waals surface area contributed by atoms with Crippen LogP contribution < -0.4 is 10.6 Å². The van der Waals surface area contributed by atoms with Crippen LogP contribution in [0.4, 0.5) is 9.59 Å². The standard InChI is InChI=1S/C51H66N8O6/c1-29(2)41(56-47(62)64-9)45(60)58-27-49(5,6)23-39(58)43-52-25-37(54-43)32-15-13-31(14-16-32)33-17-18-34(36-22-51(21-35(33)36)19-11-12-20-51)38-26-53-44(55-38)40-24-50(7,8)28-59(40)46(61)42(30(3)4)57-48(63)65-10/h13-18,25-26,29,39-41H,11-12,19-24,27-28H2,1-10H3,(H,52,54)(H,53,55)(H,56,62)(H,57,63)/t39-,40-,41-/m0/s1. The number of carbonyl (C=O) groups is 4. The molecule has 0 radical (unpaired) electrons. The third-order valence-electron chi connectivity index (χ3n) is 14.3. The number of hydrogen-bond acceptors (Lipinski definition) is 8. The number of methoxy groups -OCH3 is 2. The van der Waals surface area contributed by atoms with Crippen LogP contribution in [-0.2, 0) is 31.9 Å². The summed E-state index contributed by atoms with van der Waals surface area (Å²) >= 11 is 0. The third kappa shape index (κ3) is 9.05. The van der Waals surface area contributed by atoms with Crippen LogP contribution in [0.5, 0.6) is 0 Å². The maximum Gasteiger partial charge on any atom is 0.411 e. The minimum atomic E-state index is -0.718. The van der Waals surface area contributed by atoms with Crippen molar-refractivity contribution >= 4 is 24.0 Å². The highest BCUT2D eigenvalue weighted by Gasteiger charge is 2.46. The van der Waals surface area contributed by atoms with Gasteiger partial charge in [0.1, 0.15) is 23.4 Å². The molecule has 2 aliphatic carbocycles. The molecule has 4 aliphatic rings. The number of ether oxygens (including phenoxy) is 2. The number of amides is 4. The van der Waals surface area contributed by atoms with Crippen LogP contribution >= 0.6 is 0 Å². The molecule has 1 saturated carbocycles. The van der Waals surface area contributed by atoms with E-state index in [0.717, 1.165) is 65.4 Å². The Hall–Kier alpha value is -5.92. The van der Waals surface area contributed by atoms with Gasteiger partial charge in [-0.25, -0.2) is 19.6 Å². The number of fused-ring (bicyclic) bond motifs is 1. The molecule has 2 aliphatic heterocycles. The Morgan fingerprint density at radius 2 is 1.25 bits per heavy atom. The number of hydrogen-bond donors (Lipinski definition) is 4. The Morgan fingerprint density at radius 3 is 1.83 bits per heavy atom. The van der Waals surface area contributed by atoms with E-state index in [2.05, 4.69) is 84.7 Å². The van der Waals surface area contributed by atoms with Crippen molar-refractivity contribution < 1.29 is 28.7 Å². The Balaban J connectivity index is 1.06. The zero-order chi connectivity index (χ0) is 46.6. The lowest BCUT2D eigenvalue weighted by molar-refractivity contribution is -0.135. The highest BCUT2D eigenvalue weighted by molar-refractivity contribution is 5.97. The summed E-state index contributed by atoms with van der Waals surface area (Å²) in [5, 5.41) is 5.40. The number of allylic oxidation sites excluding steroid dienone is 1. The van der Waals surface area contributed by atoms with Crippen LogP contribution in [0.25, 0.3) is 33.6 Å². The Morgan fingerprint density at radius 1 is 0.723 bits per heavy atom. The average Bonchev–Trinajstić information content (AvgIpc) is 4.14. The normalized spacial score (nSPS) is 20.8. The van der Waals surface area contributed by atoms with Gasteiger partial charge in [0.25, 0.3) is 5.91 Å². The zero-order valence-corrected chi connectivity index (χ0v) is 39.7. The summed E-state index contributed by atoms with van der Waals surface area (Å²) in [5.74, 6) is 0.941. The van der Waals surface area contributed by atoms with Crippen molar-refractivity contribution in [2.75, 3.05) is 27.3 Å². The second-order valence-corrected chi connectivity index (χ2v) is 21.1. The summed E-state index contributed by atoms with van der Waals surface area (Å²) in [6.07, 6.45) is 10.9. The molecule has 0 bridgehead atoms. The molecule has 4 aromatic rings. The van der Waals surface area contributed by atoms with Crippen LogP contribution in [0.2, 0.25) is 0 Å². The van der Waals surface area contributed by atoms with E-state index in [1.54, 1.807) is 0 Å². The Kier molecular flexibility index (Phi) is 12.3. The van der Waals surface area contributed by atoms with Crippen LogP contribution in [0.1, 0.15) is 129 Å². The van der Waals surface area contributed by atoms with Gasteiger partial charge in [-0.3, -0.25) is 14.9 Å². The molecule has 2 aromatic heterocycles. The summed E-state index contributed by atoms with van der Waals surface area (Å²) in [4.78, 5) is 73.1. The Bertz CT molecular complexity index is 2500. The number of carbonyl (C=O) groups excluding carboxylic acids is 4. The van der Waals surface area contributed by atoms with Gasteiger partial charge in [0.2, 0.25) is 5.91 Å². The average molecular weight is 887 g/mol. The van der Waals surface area contributed by atoms with Crippen molar-refractivity contribution in [2.45, 2.75) is 125 Å². The first-order chi connectivity index (χ1) is 30.8. The first kappa shape index (κ1) is 45.6. The van der Waals surface area contributed by atoms with Crippen molar-refractivity contribution in [1.82, 2.24) is 40.4 Å². The van der Waals surface area contributed by atoms with Gasteiger partial charge in [-0.05, 0) is 108 Å². The van der Waals surface area contributed by atoms with E-state index >= 15 is 0 Å². The van der Waals surface area contributed by atoms with E-state index < -0.39 is 18.2 Å². The highest BCUT2D eigenvalue weighted by atomic mass is 16.5. The molecule has 1 spiro atoms. The maximum atomic E-state index is 14.1. The van der Waals surface area contributed by atoms with Gasteiger partial charge in [0.15, 0.2) is 0 Å². The number of rotatable bonds is 10. The number of benzene rings is 2. The van der Waals surface area contributed by atoms with Crippen molar-refractivity contribution in [3.8, 4) is 33.6 Å². The lowest BCUT2D eigenvalue weighted by Crippen LogP contribution is -2.51. The van der Waals surface area contributed by atoms with E-state index in [9.17, 15) is 19.2 Å². The van der Waals surface area contributed by atoms with Crippen molar-refractivity contribution in [3.05, 3.63) is 82.8 Å². The second-order valence-electron chi connectivity index (χ2n) is 21.1. The molecule has 3 fully saturated rings. The van der Waals surface area contributed by atoms with Crippen LogP contribution in [-0.4, -0.2) is 87.1 Å². The number of imidazole rings is 2. The Labute approximate surface area is 382 Å². The first-order valence-electron chi connectivity index (χ1n) is 23.2. The van der Waals surface area contributed by atoms with E-state index in [1.807, 2.05) is 49.9 Å². The minimum Gasteiger partial charge on any atom is -0.453 e. The summed E-state index contributed by atoms with van der Waals surface area (Å²) in [6.45, 7) is 17.2. The van der Waals surface area contributed by atoms with Crippen molar-refractivity contribution in [1.29, 1.82) is 0 Å². The topological polar surface area (TPSA) is 175 Å². The van der Waals surface area contributed by atoms with E-state index in [0.29, 0.717) is 18.7 Å². The van der Waals surface area contributed by atoms with Gasteiger partial charge in [-0.15, -0.1) is 0 Å². The number of aromatic amines is 2. The predicted octanol–water partition coefficient (Wildman–Crippen LogP) is 9.42. The van der Waals surface area contributed by atoms with Gasteiger partial charge < -0.3 is 34.6 Å². The molecule has 14 nitrogen and oxygen atoms in total. The number of likely N-dealkylation sites (tertiary alicyclic amines) is 2. The summed E-state index contributed by atoms with van der Waals surface area (Å²) in [5.41, 5.74) is 10.0. The number of aromatic nitrogens is 4. The molecule has 8 rings (SSSR count). The van der Waals surface area contributed by atoms with Gasteiger partial charge in [0.05, 0.1) is 50.1 Å². The second kappa shape index (κ2) is 17.5. The zero-order valence-electron chi connectivity index (χ0n) is 39.7. The molecule has 346 valence electrons. The lowest BCUT2D eigenvalue weighted by Gasteiger charge is -2.30. The SMILES string of the molecule is COC(=O)NC(C(=O)N1CC(C)(C)C[C@H]1c1ncc(-c2ccc(-c3ccc(-c4cnc([C@@H]5CC(C)(C)CN5C(=O)[C@@H](NC(=O)OC)C(C)C)[nH]4)cc3)c3c2CC2(CCCC2)C3)[nH]1)=C(C)C. The number of nitrogens with one attached hydrogen (secondary N) is 4. The summed E-state index contributed by atoms with van der Waals surface area (Å²) in [7, 11) is 2.59. The minimum absolute atomic E-state index is 0.128. The summed E-state index contributed by atoms with van der Waals surface area (Å²) < 4.78 is 9.67. The summed E-state index contributed by atoms with van der Waals surface area (Å²) in [6, 6.07) is 11.9. The molecular weight excluding hydrogens is 821 g/mol. The monoisotopic (exact) mass is 887 g/mol. The van der Waals surface area contributed by atoms with Crippen LogP contribution in [0.15, 0.2) is 60.1 Å². The quantitative estimate of drug-likeness (QED) is 0.114. The fourth-order valence-electron chi connectivity index (χ4n) is 11.1. The molecule has 0 unspecified atom stereocenters. The smallest absolute Gasteiger partial charge is 0.411 e. The molecule has 14 heteroatoms. The molecule has 4 heterocycles. The molecule has 4 amide bonds. The fourth-order valence-corrected chi connectivity index (χ4v) is 11.1. The van der Waals surface area contributed by atoms with Gasteiger partial charge >= 0.3 is 12.2 Å². The van der Waals surface area contributed by atoms with Gasteiger partial charge in [-0.2, -0.15) is 0 Å². The molecule has 65 heavy (non-hydrogen) atoms. The van der Waals surface area contributed by atoms with Gasteiger partial charge in [0, 0.05) is 18.7 Å². The molecule has 2 aromatic carbocycles. The highest BCUT2D eigenvalue weighted by Crippen LogP contribution is 2.53. The predicted molar refractivity (Wildman–Crippen MR) is 249 cm³/mol. The number of alkyl carbamates (subject to hydrolysis) is 2. The number of nitrogens with zero attached hydrogens (tertiary/aromatic N) is 4. The lowest BCUT2D eigenvalue weighted by atomic mass is 9.82. The fraction of sp³-hybridized carbons (Fsp3) is 0.529. The van der Waals surface area contributed by atoms with Crippen LogP contribution in [0.3, 0.4) is 0 Å². The van der Waals surface area contributed by atoms with Crippen LogP contribution in [0, 0.1) is 22.2 Å². The van der Waals surface area contributed by atoms with Crippen molar-refractivity contribution in [2.24, 2.45) is 22.2 Å². The number of H-pyrrole nitrogens is 2. The van der Waals surface area contributed by atoms with E-state index in [1.165, 1.54) is 56.6 Å².